The summed E-state index contributed by atoms with van der Waals surface area (Å²) in [6.45, 7) is 5.39. The predicted octanol–water partition coefficient (Wildman–Crippen LogP) is 4.14. The second-order valence-corrected chi connectivity index (χ2v) is 8.10. The van der Waals surface area contributed by atoms with Gasteiger partial charge in [0.15, 0.2) is 0 Å². The van der Waals surface area contributed by atoms with Gasteiger partial charge >= 0.3 is 6.03 Å². The zero-order valence-electron chi connectivity index (χ0n) is 16.1. The second-order valence-electron chi connectivity index (χ2n) is 8.10. The number of para-hydroxylation sites is 1. The number of hydrogen-bond acceptors (Lipinski definition) is 3. The van der Waals surface area contributed by atoms with Crippen molar-refractivity contribution in [3.05, 3.63) is 42.1 Å². The third kappa shape index (κ3) is 4.43. The van der Waals surface area contributed by atoms with Crippen LogP contribution in [-0.2, 0) is 0 Å². The molecule has 2 amide bonds. The molecule has 2 fully saturated rings. The third-order valence-corrected chi connectivity index (χ3v) is 5.66. The number of anilines is 1. The summed E-state index contributed by atoms with van der Waals surface area (Å²) in [6.07, 6.45) is 4.65. The van der Waals surface area contributed by atoms with Crippen LogP contribution >= 0.6 is 0 Å². The van der Waals surface area contributed by atoms with Crippen LogP contribution in [0.15, 0.2) is 36.4 Å². The number of ether oxygens (including phenoxy) is 1. The quantitative estimate of drug-likeness (QED) is 0.736. The number of rotatable bonds is 8. The first kappa shape index (κ1) is 17.9. The molecular weight excluding hydrogens is 340 g/mol. The van der Waals surface area contributed by atoms with Crippen molar-refractivity contribution in [1.82, 2.24) is 15.1 Å². The monoisotopic (exact) mass is 368 g/mol. The Morgan fingerprint density at radius 3 is 2.74 bits per heavy atom. The van der Waals surface area contributed by atoms with Crippen molar-refractivity contribution in [1.29, 1.82) is 0 Å². The van der Waals surface area contributed by atoms with Gasteiger partial charge in [0.25, 0.3) is 0 Å². The molecule has 2 N–H and O–H groups in total. The minimum Gasteiger partial charge on any atom is -0.493 e. The van der Waals surface area contributed by atoms with Crippen molar-refractivity contribution in [2.75, 3.05) is 18.5 Å². The Morgan fingerprint density at radius 1 is 1.33 bits per heavy atom. The van der Waals surface area contributed by atoms with Crippen molar-refractivity contribution < 1.29 is 9.53 Å². The number of carbonyl (C=O) groups excluding carboxylic acids is 1. The van der Waals surface area contributed by atoms with E-state index in [1.54, 1.807) is 0 Å². The molecule has 144 valence electrons. The highest BCUT2D eigenvalue weighted by Gasteiger charge is 2.43. The Balaban J connectivity index is 1.29. The summed E-state index contributed by atoms with van der Waals surface area (Å²) in [5.41, 5.74) is 0.984. The normalized spacial score (nSPS) is 18.6. The van der Waals surface area contributed by atoms with Gasteiger partial charge in [0.1, 0.15) is 11.6 Å². The van der Waals surface area contributed by atoms with Gasteiger partial charge in [0.05, 0.1) is 18.3 Å². The summed E-state index contributed by atoms with van der Waals surface area (Å²) in [5, 5.41) is 10.6. The fourth-order valence-corrected chi connectivity index (χ4v) is 3.43. The summed E-state index contributed by atoms with van der Waals surface area (Å²) in [5.74, 6) is 2.33. The second kappa shape index (κ2) is 7.25. The van der Waals surface area contributed by atoms with Gasteiger partial charge < -0.3 is 10.1 Å². The molecule has 2 aromatic rings. The molecule has 27 heavy (non-hydrogen) atoms. The number of urea groups is 1. The van der Waals surface area contributed by atoms with E-state index in [2.05, 4.69) is 22.7 Å². The summed E-state index contributed by atoms with van der Waals surface area (Å²) >= 11 is 0. The Bertz CT molecular complexity index is 794. The van der Waals surface area contributed by atoms with Gasteiger partial charge in [0, 0.05) is 18.0 Å². The SMILES string of the molecule is Cc1cc(NC(=O)NCC2(COc3ccccc3)CC2)n([C@H](C)C2CC2)n1. The minimum absolute atomic E-state index is 0.0602. The van der Waals surface area contributed by atoms with Crippen molar-refractivity contribution in [2.45, 2.75) is 45.6 Å². The number of aryl methyl sites for hydroxylation is 1. The van der Waals surface area contributed by atoms with Crippen LogP contribution in [0.25, 0.3) is 0 Å². The molecule has 0 unspecified atom stereocenters. The number of nitrogens with one attached hydrogen (secondary N) is 2. The Morgan fingerprint density at radius 2 is 2.07 bits per heavy atom. The lowest BCUT2D eigenvalue weighted by atomic mass is 10.1. The Hall–Kier alpha value is -2.50. The van der Waals surface area contributed by atoms with Gasteiger partial charge in [-0.15, -0.1) is 0 Å². The zero-order chi connectivity index (χ0) is 18.9. The van der Waals surface area contributed by atoms with Crippen LogP contribution < -0.4 is 15.4 Å². The molecular formula is C21H28N4O2. The van der Waals surface area contributed by atoms with E-state index in [0.717, 1.165) is 30.1 Å². The molecule has 6 heteroatoms. The standard InChI is InChI=1S/C21H28N4O2/c1-15-12-19(25(24-15)16(2)17-8-9-17)23-20(26)22-13-21(10-11-21)14-27-18-6-4-3-5-7-18/h3-7,12,16-17H,8-11,13-14H2,1-2H3,(H2,22,23,26)/t16-/m1/s1. The molecule has 1 heterocycles. The first-order chi connectivity index (χ1) is 13.0. The highest BCUT2D eigenvalue weighted by molar-refractivity contribution is 5.88. The molecule has 6 nitrogen and oxygen atoms in total. The van der Waals surface area contributed by atoms with Crippen molar-refractivity contribution in [3.8, 4) is 5.75 Å². The highest BCUT2D eigenvalue weighted by atomic mass is 16.5. The van der Waals surface area contributed by atoms with E-state index in [1.165, 1.54) is 12.8 Å². The van der Waals surface area contributed by atoms with Crippen molar-refractivity contribution in [3.63, 3.8) is 0 Å². The molecule has 1 atom stereocenters. The average molecular weight is 368 g/mol. The van der Waals surface area contributed by atoms with Crippen LogP contribution in [0.4, 0.5) is 10.6 Å². The Kier molecular flexibility index (Phi) is 4.81. The predicted molar refractivity (Wildman–Crippen MR) is 105 cm³/mol. The number of amides is 2. The van der Waals surface area contributed by atoms with Gasteiger partial charge in [-0.3, -0.25) is 5.32 Å². The number of carbonyl (C=O) groups is 1. The maximum atomic E-state index is 12.4. The lowest BCUT2D eigenvalue weighted by molar-refractivity contribution is 0.222. The van der Waals surface area contributed by atoms with Gasteiger partial charge in [-0.1, -0.05) is 18.2 Å². The van der Waals surface area contributed by atoms with Gasteiger partial charge in [-0.25, -0.2) is 9.48 Å². The molecule has 4 rings (SSSR count). The van der Waals surface area contributed by atoms with E-state index < -0.39 is 0 Å². The van der Waals surface area contributed by atoms with Crippen LogP contribution in [0.1, 0.15) is 44.3 Å². The van der Waals surface area contributed by atoms with Crippen LogP contribution in [-0.4, -0.2) is 29.0 Å². The summed E-state index contributed by atoms with van der Waals surface area (Å²) in [7, 11) is 0. The van der Waals surface area contributed by atoms with E-state index >= 15 is 0 Å². The zero-order valence-corrected chi connectivity index (χ0v) is 16.1. The molecule has 0 aliphatic heterocycles. The number of aromatic nitrogens is 2. The summed E-state index contributed by atoms with van der Waals surface area (Å²) < 4.78 is 7.84. The first-order valence-electron chi connectivity index (χ1n) is 9.84. The summed E-state index contributed by atoms with van der Waals surface area (Å²) in [4.78, 5) is 12.4. The molecule has 1 aromatic carbocycles. The van der Waals surface area contributed by atoms with E-state index in [9.17, 15) is 4.79 Å². The fourth-order valence-electron chi connectivity index (χ4n) is 3.43. The van der Waals surface area contributed by atoms with Crippen molar-refractivity contribution in [2.24, 2.45) is 11.3 Å². The van der Waals surface area contributed by atoms with Gasteiger partial charge in [-0.2, -0.15) is 5.10 Å². The number of nitrogens with zero attached hydrogens (tertiary/aromatic N) is 2. The topological polar surface area (TPSA) is 68.2 Å². The Labute approximate surface area is 160 Å². The van der Waals surface area contributed by atoms with E-state index in [-0.39, 0.29) is 11.4 Å². The maximum absolute atomic E-state index is 12.4. The largest absolute Gasteiger partial charge is 0.493 e. The first-order valence-corrected chi connectivity index (χ1v) is 9.84. The minimum atomic E-state index is -0.176. The van der Waals surface area contributed by atoms with E-state index in [1.807, 2.05) is 48.0 Å². The van der Waals surface area contributed by atoms with Crippen LogP contribution in [0.3, 0.4) is 0 Å². The fraction of sp³-hybridized carbons (Fsp3) is 0.524. The van der Waals surface area contributed by atoms with Crippen LogP contribution in [0.2, 0.25) is 0 Å². The maximum Gasteiger partial charge on any atom is 0.320 e. The lowest BCUT2D eigenvalue weighted by Crippen LogP contribution is -2.36. The van der Waals surface area contributed by atoms with Crippen LogP contribution in [0, 0.1) is 18.3 Å². The molecule has 1 aromatic heterocycles. The lowest BCUT2D eigenvalue weighted by Gasteiger charge is -2.18. The molecule has 2 saturated carbocycles. The molecule has 2 aliphatic carbocycles. The van der Waals surface area contributed by atoms with E-state index in [0.29, 0.717) is 25.1 Å². The number of hydrogen-bond donors (Lipinski definition) is 2. The highest BCUT2D eigenvalue weighted by Crippen LogP contribution is 2.45. The molecule has 0 saturated heterocycles. The smallest absolute Gasteiger partial charge is 0.320 e. The molecule has 0 spiro atoms. The van der Waals surface area contributed by atoms with Crippen molar-refractivity contribution >= 4 is 11.8 Å². The third-order valence-electron chi connectivity index (χ3n) is 5.66. The number of benzene rings is 1. The van der Waals surface area contributed by atoms with E-state index in [4.69, 9.17) is 4.74 Å². The summed E-state index contributed by atoms with van der Waals surface area (Å²) in [6, 6.07) is 11.9. The van der Waals surface area contributed by atoms with Gasteiger partial charge in [0.2, 0.25) is 0 Å². The molecule has 2 aliphatic rings. The van der Waals surface area contributed by atoms with Crippen LogP contribution in [0.5, 0.6) is 5.75 Å². The average Bonchev–Trinajstić information content (AvgIpc) is 3.59. The van der Waals surface area contributed by atoms with Gasteiger partial charge in [-0.05, 0) is 57.6 Å². The molecule has 0 radical (unpaired) electrons. The molecule has 0 bridgehead atoms.